The van der Waals surface area contributed by atoms with Crippen LogP contribution < -0.4 is 10.6 Å². The van der Waals surface area contributed by atoms with Gasteiger partial charge >= 0.3 is 6.09 Å². The highest BCUT2D eigenvalue weighted by Gasteiger charge is 2.24. The van der Waals surface area contributed by atoms with Gasteiger partial charge in [-0.2, -0.15) is 0 Å². The minimum absolute atomic E-state index is 0.112. The number of nitrogens with one attached hydrogen (secondary N) is 2. The lowest BCUT2D eigenvalue weighted by molar-refractivity contribution is 0.0505. The van der Waals surface area contributed by atoms with E-state index in [0.717, 1.165) is 11.3 Å². The first-order valence-corrected chi connectivity index (χ1v) is 8.57. The minimum atomic E-state index is -0.545. The summed E-state index contributed by atoms with van der Waals surface area (Å²) in [7, 11) is 0. The molecule has 0 bridgehead atoms. The lowest BCUT2D eigenvalue weighted by Crippen LogP contribution is -2.42. The number of benzene rings is 1. The number of carbonyl (C=O) groups excluding carboxylic acids is 1. The van der Waals surface area contributed by atoms with Crippen LogP contribution in [-0.4, -0.2) is 30.9 Å². The molecule has 1 amide bonds. The van der Waals surface area contributed by atoms with Gasteiger partial charge in [0.25, 0.3) is 0 Å². The Bertz CT molecular complexity index is 653. The van der Waals surface area contributed by atoms with Crippen molar-refractivity contribution in [2.24, 2.45) is 0 Å². The summed E-state index contributed by atoms with van der Waals surface area (Å²) in [4.78, 5) is 12.0. The number of carbonyl (C=O) groups is 1. The highest BCUT2D eigenvalue weighted by molar-refractivity contribution is 5.75. The fraction of sp³-hybridized carbons (Fsp3) is 0.526. The molecule has 1 aromatic rings. The van der Waals surface area contributed by atoms with Crippen molar-refractivity contribution < 1.29 is 18.7 Å². The van der Waals surface area contributed by atoms with Crippen LogP contribution in [0.2, 0.25) is 0 Å². The highest BCUT2D eigenvalue weighted by Crippen LogP contribution is 2.31. The van der Waals surface area contributed by atoms with Gasteiger partial charge in [-0.3, -0.25) is 0 Å². The number of alkyl carbamates (subject to hydrolysis) is 1. The van der Waals surface area contributed by atoms with E-state index < -0.39 is 11.7 Å². The highest BCUT2D eigenvalue weighted by atomic mass is 19.1. The Morgan fingerprint density at radius 2 is 2.16 bits per heavy atom. The molecule has 1 heterocycles. The summed E-state index contributed by atoms with van der Waals surface area (Å²) in [5, 5.41) is 6.17. The van der Waals surface area contributed by atoms with Crippen molar-refractivity contribution in [2.75, 3.05) is 18.5 Å². The Labute approximate surface area is 148 Å². The molecule has 1 aliphatic rings. The maximum atomic E-state index is 14.0. The van der Waals surface area contributed by atoms with Crippen molar-refractivity contribution in [3.05, 3.63) is 35.7 Å². The lowest BCUT2D eigenvalue weighted by atomic mass is 10.0. The molecule has 0 saturated carbocycles. The van der Waals surface area contributed by atoms with Crippen molar-refractivity contribution in [1.29, 1.82) is 0 Å². The topological polar surface area (TPSA) is 59.6 Å². The van der Waals surface area contributed by atoms with E-state index in [1.54, 1.807) is 0 Å². The summed E-state index contributed by atoms with van der Waals surface area (Å²) < 4.78 is 24.7. The van der Waals surface area contributed by atoms with Crippen molar-refractivity contribution in [2.45, 2.75) is 52.2 Å². The van der Waals surface area contributed by atoms with Gasteiger partial charge in [0, 0.05) is 23.8 Å². The predicted octanol–water partition coefficient (Wildman–Crippen LogP) is 4.08. The lowest BCUT2D eigenvalue weighted by Gasteiger charge is -2.23. The molecule has 0 fully saturated rings. The third-order valence-corrected chi connectivity index (χ3v) is 3.81. The zero-order valence-electron chi connectivity index (χ0n) is 15.4. The van der Waals surface area contributed by atoms with Gasteiger partial charge in [-0.15, -0.1) is 0 Å². The van der Waals surface area contributed by atoms with Gasteiger partial charge in [-0.25, -0.2) is 9.18 Å². The van der Waals surface area contributed by atoms with Gasteiger partial charge in [0.05, 0.1) is 6.61 Å². The molecule has 25 heavy (non-hydrogen) atoms. The Kier molecular flexibility index (Phi) is 5.93. The minimum Gasteiger partial charge on any atom is -0.494 e. The summed E-state index contributed by atoms with van der Waals surface area (Å²) in [5.74, 6) is 0.110. The molecule has 1 aromatic carbocycles. The first-order valence-electron chi connectivity index (χ1n) is 8.57. The predicted molar refractivity (Wildman–Crippen MR) is 97.0 cm³/mol. The van der Waals surface area contributed by atoms with E-state index in [0.29, 0.717) is 37.3 Å². The molecule has 2 N–H and O–H groups in total. The fourth-order valence-electron chi connectivity index (χ4n) is 2.80. The van der Waals surface area contributed by atoms with Crippen LogP contribution in [0.3, 0.4) is 0 Å². The second-order valence-electron chi connectivity index (χ2n) is 7.11. The number of aryl methyl sites for hydroxylation is 1. The third kappa shape index (κ3) is 5.37. The van der Waals surface area contributed by atoms with Gasteiger partial charge in [0.15, 0.2) is 0 Å². The molecule has 0 aromatic heterocycles. The van der Waals surface area contributed by atoms with Gasteiger partial charge < -0.3 is 20.1 Å². The first-order chi connectivity index (χ1) is 11.7. The number of hydrogen-bond acceptors (Lipinski definition) is 4. The Hall–Kier alpha value is -2.24. The van der Waals surface area contributed by atoms with Crippen LogP contribution in [0.15, 0.2) is 18.7 Å². The Morgan fingerprint density at radius 1 is 1.44 bits per heavy atom. The molecule has 0 saturated heterocycles. The zero-order valence-corrected chi connectivity index (χ0v) is 15.4. The number of halogens is 1. The van der Waals surface area contributed by atoms with Crippen LogP contribution in [0.1, 0.15) is 45.2 Å². The first kappa shape index (κ1) is 19.1. The van der Waals surface area contributed by atoms with E-state index in [9.17, 15) is 9.18 Å². The van der Waals surface area contributed by atoms with Crippen LogP contribution >= 0.6 is 0 Å². The fourth-order valence-corrected chi connectivity index (χ4v) is 2.80. The van der Waals surface area contributed by atoms with E-state index in [-0.39, 0.29) is 11.9 Å². The number of rotatable bonds is 4. The molecule has 6 heteroatoms. The molecular weight excluding hydrogens is 323 g/mol. The Balaban J connectivity index is 2.12. The molecular formula is C19H27FN2O3. The summed E-state index contributed by atoms with van der Waals surface area (Å²) in [6.45, 7) is 12.2. The number of anilines is 1. The SMILES string of the molecule is C=C(OCC)c1cc(F)cc2c1NCC(NC(=O)OC(C)(C)C)CC2. The summed E-state index contributed by atoms with van der Waals surface area (Å²) in [6.07, 6.45) is 0.867. The molecule has 1 atom stereocenters. The number of amides is 1. The summed E-state index contributed by atoms with van der Waals surface area (Å²) in [6, 6.07) is 2.82. The molecule has 0 radical (unpaired) electrons. The number of hydrogen-bond donors (Lipinski definition) is 2. The smallest absolute Gasteiger partial charge is 0.407 e. The van der Waals surface area contributed by atoms with Crippen molar-refractivity contribution >= 4 is 17.5 Å². The summed E-state index contributed by atoms with van der Waals surface area (Å²) >= 11 is 0. The van der Waals surface area contributed by atoms with E-state index in [1.165, 1.54) is 12.1 Å². The quantitative estimate of drug-likeness (QED) is 0.803. The van der Waals surface area contributed by atoms with E-state index in [2.05, 4.69) is 17.2 Å². The number of ether oxygens (including phenoxy) is 2. The van der Waals surface area contributed by atoms with Crippen LogP contribution in [0.25, 0.3) is 5.76 Å². The van der Waals surface area contributed by atoms with Gasteiger partial charge in [-0.1, -0.05) is 6.58 Å². The molecule has 0 aliphatic carbocycles. The van der Waals surface area contributed by atoms with E-state index >= 15 is 0 Å². The standard InChI is InChI=1S/C19H27FN2O3/c1-6-24-12(2)16-10-14(20)9-13-7-8-15(11-21-17(13)16)22-18(23)25-19(3,4)5/h9-10,15,21H,2,6-8,11H2,1,3-5H3,(H,22,23). The summed E-state index contributed by atoms with van der Waals surface area (Å²) in [5.41, 5.74) is 1.74. The largest absolute Gasteiger partial charge is 0.494 e. The normalized spacial score (nSPS) is 16.9. The van der Waals surface area contributed by atoms with Crippen LogP contribution in [0.4, 0.5) is 14.9 Å². The molecule has 138 valence electrons. The van der Waals surface area contributed by atoms with E-state index in [4.69, 9.17) is 9.47 Å². The van der Waals surface area contributed by atoms with Crippen molar-refractivity contribution in [3.8, 4) is 0 Å². The molecule has 1 unspecified atom stereocenters. The second-order valence-corrected chi connectivity index (χ2v) is 7.11. The maximum Gasteiger partial charge on any atom is 0.407 e. The third-order valence-electron chi connectivity index (χ3n) is 3.81. The van der Waals surface area contributed by atoms with E-state index in [1.807, 2.05) is 27.7 Å². The van der Waals surface area contributed by atoms with Crippen molar-refractivity contribution in [3.63, 3.8) is 0 Å². The monoisotopic (exact) mass is 350 g/mol. The van der Waals surface area contributed by atoms with Gasteiger partial charge in [0.1, 0.15) is 17.2 Å². The zero-order chi connectivity index (χ0) is 18.6. The van der Waals surface area contributed by atoms with Crippen LogP contribution in [0, 0.1) is 5.82 Å². The molecule has 5 nitrogen and oxygen atoms in total. The maximum absolute atomic E-state index is 14.0. The van der Waals surface area contributed by atoms with Crippen LogP contribution in [-0.2, 0) is 15.9 Å². The molecule has 0 spiro atoms. The molecule has 2 rings (SSSR count). The average molecular weight is 350 g/mol. The van der Waals surface area contributed by atoms with Crippen LogP contribution in [0.5, 0.6) is 0 Å². The Morgan fingerprint density at radius 3 is 2.80 bits per heavy atom. The molecule has 1 aliphatic heterocycles. The van der Waals surface area contributed by atoms with Crippen molar-refractivity contribution in [1.82, 2.24) is 5.32 Å². The van der Waals surface area contributed by atoms with Gasteiger partial charge in [0.2, 0.25) is 0 Å². The van der Waals surface area contributed by atoms with Gasteiger partial charge in [-0.05, 0) is 58.2 Å². The average Bonchev–Trinajstić information content (AvgIpc) is 2.67. The number of fused-ring (bicyclic) bond motifs is 1. The second kappa shape index (κ2) is 7.76.